The smallest absolute Gasteiger partial charge is 0.147 e. The minimum atomic E-state index is 0.218. The number of anilines is 2. The highest BCUT2D eigenvalue weighted by atomic mass is 35.5. The van der Waals surface area contributed by atoms with Gasteiger partial charge in [-0.05, 0) is 23.9 Å². The monoisotopic (exact) mass is 329 g/mol. The van der Waals surface area contributed by atoms with Gasteiger partial charge in [-0.15, -0.1) is 11.3 Å². The van der Waals surface area contributed by atoms with Crippen molar-refractivity contribution >= 4 is 46.2 Å². The zero-order valence-electron chi connectivity index (χ0n) is 11.4. The lowest BCUT2D eigenvalue weighted by Crippen LogP contribution is -2.11. The molecule has 0 aliphatic carbocycles. The first-order chi connectivity index (χ1) is 9.65. The molecular weight excluding hydrogens is 313 g/mol. The lowest BCUT2D eigenvalue weighted by Gasteiger charge is -2.19. The van der Waals surface area contributed by atoms with Crippen molar-refractivity contribution in [3.63, 3.8) is 0 Å². The van der Waals surface area contributed by atoms with E-state index < -0.39 is 0 Å². The topological polar surface area (TPSA) is 37.0 Å². The van der Waals surface area contributed by atoms with Gasteiger partial charge in [0.25, 0.3) is 0 Å². The van der Waals surface area contributed by atoms with Crippen LogP contribution in [-0.4, -0.2) is 12.0 Å². The molecule has 2 aromatic rings. The molecule has 0 spiro atoms. The van der Waals surface area contributed by atoms with Gasteiger partial charge in [-0.1, -0.05) is 42.6 Å². The third-order valence-corrected chi connectivity index (χ3v) is 4.50. The van der Waals surface area contributed by atoms with Crippen molar-refractivity contribution < 1.29 is 0 Å². The van der Waals surface area contributed by atoms with Crippen molar-refractivity contribution in [2.75, 3.05) is 17.7 Å². The Bertz CT molecular complexity index is 558. The lowest BCUT2D eigenvalue weighted by atomic mass is 10.1. The number of nitrogens with one attached hydrogen (secondary N) is 2. The van der Waals surface area contributed by atoms with Gasteiger partial charge in [0.15, 0.2) is 0 Å². The summed E-state index contributed by atoms with van der Waals surface area (Å²) >= 11 is 14.0. The van der Waals surface area contributed by atoms with Crippen molar-refractivity contribution in [1.29, 1.82) is 0 Å². The minimum Gasteiger partial charge on any atom is -0.372 e. The van der Waals surface area contributed by atoms with Crippen molar-refractivity contribution in [1.82, 2.24) is 4.98 Å². The van der Waals surface area contributed by atoms with E-state index in [-0.39, 0.29) is 6.04 Å². The van der Waals surface area contributed by atoms with Crippen molar-refractivity contribution in [3.05, 3.63) is 38.5 Å². The molecule has 0 saturated carbocycles. The van der Waals surface area contributed by atoms with Crippen LogP contribution in [0.5, 0.6) is 0 Å². The van der Waals surface area contributed by atoms with Crippen LogP contribution in [0.4, 0.5) is 11.6 Å². The molecule has 0 amide bonds. The third-order valence-electron chi connectivity index (χ3n) is 2.94. The summed E-state index contributed by atoms with van der Waals surface area (Å²) in [5, 5.41) is 9.52. The SMILES string of the molecule is CCCC(Nc1nc(NC)c(Cl)cc1Cl)c1cccs1. The van der Waals surface area contributed by atoms with Gasteiger partial charge in [-0.25, -0.2) is 4.98 Å². The van der Waals surface area contributed by atoms with Crippen molar-refractivity contribution in [2.45, 2.75) is 25.8 Å². The van der Waals surface area contributed by atoms with E-state index in [1.807, 2.05) is 0 Å². The Morgan fingerprint density at radius 2 is 2.05 bits per heavy atom. The van der Waals surface area contributed by atoms with Gasteiger partial charge in [-0.3, -0.25) is 0 Å². The molecule has 0 radical (unpaired) electrons. The molecule has 108 valence electrons. The summed E-state index contributed by atoms with van der Waals surface area (Å²) in [5.41, 5.74) is 0. The molecular formula is C14H17Cl2N3S. The maximum Gasteiger partial charge on any atom is 0.147 e. The quantitative estimate of drug-likeness (QED) is 0.740. The standard InChI is InChI=1S/C14H17Cl2N3S/c1-3-5-11(12-6-4-7-20-12)18-14-10(16)8-9(15)13(17-2)19-14/h4,6-8,11H,3,5H2,1-2H3,(H2,17,18,19). The lowest BCUT2D eigenvalue weighted by molar-refractivity contribution is 0.685. The van der Waals surface area contributed by atoms with Crippen LogP contribution >= 0.6 is 34.5 Å². The molecule has 3 nitrogen and oxygen atoms in total. The highest BCUT2D eigenvalue weighted by molar-refractivity contribution is 7.10. The zero-order valence-corrected chi connectivity index (χ0v) is 13.7. The molecule has 0 saturated heterocycles. The fraction of sp³-hybridized carbons (Fsp3) is 0.357. The van der Waals surface area contributed by atoms with E-state index in [9.17, 15) is 0 Å². The summed E-state index contributed by atoms with van der Waals surface area (Å²) in [4.78, 5) is 5.72. The summed E-state index contributed by atoms with van der Waals surface area (Å²) in [6.45, 7) is 2.16. The highest BCUT2D eigenvalue weighted by Crippen LogP contribution is 2.33. The first-order valence-corrected chi connectivity index (χ1v) is 8.13. The van der Waals surface area contributed by atoms with Crippen LogP contribution in [0.2, 0.25) is 10.0 Å². The number of nitrogens with zero attached hydrogens (tertiary/aromatic N) is 1. The molecule has 2 heterocycles. The Morgan fingerprint density at radius 1 is 1.30 bits per heavy atom. The van der Waals surface area contributed by atoms with Gasteiger partial charge in [0.1, 0.15) is 11.6 Å². The highest BCUT2D eigenvalue weighted by Gasteiger charge is 2.15. The Balaban J connectivity index is 2.26. The van der Waals surface area contributed by atoms with Gasteiger partial charge in [0.05, 0.1) is 16.1 Å². The Morgan fingerprint density at radius 3 is 2.65 bits per heavy atom. The fourth-order valence-corrected chi connectivity index (χ4v) is 3.29. The summed E-state index contributed by atoms with van der Waals surface area (Å²) in [6, 6.07) is 6.11. The largest absolute Gasteiger partial charge is 0.372 e. The van der Waals surface area contributed by atoms with E-state index >= 15 is 0 Å². The van der Waals surface area contributed by atoms with E-state index in [1.54, 1.807) is 24.5 Å². The molecule has 20 heavy (non-hydrogen) atoms. The number of halogens is 2. The van der Waals surface area contributed by atoms with E-state index in [0.29, 0.717) is 21.7 Å². The first-order valence-electron chi connectivity index (χ1n) is 6.49. The van der Waals surface area contributed by atoms with Crippen molar-refractivity contribution in [2.24, 2.45) is 0 Å². The molecule has 1 atom stereocenters. The molecule has 2 N–H and O–H groups in total. The first kappa shape index (κ1) is 15.4. The number of aromatic nitrogens is 1. The summed E-state index contributed by atoms with van der Waals surface area (Å²) < 4.78 is 0. The maximum absolute atomic E-state index is 6.23. The number of rotatable bonds is 6. The number of hydrogen-bond acceptors (Lipinski definition) is 4. The van der Waals surface area contributed by atoms with Crippen LogP contribution in [0.1, 0.15) is 30.7 Å². The van der Waals surface area contributed by atoms with Crippen LogP contribution in [0, 0.1) is 0 Å². The molecule has 2 rings (SSSR count). The molecule has 0 aromatic carbocycles. The molecule has 0 aliphatic rings. The number of pyridine rings is 1. The van der Waals surface area contributed by atoms with Gasteiger partial charge < -0.3 is 10.6 Å². The molecule has 2 aromatic heterocycles. The molecule has 0 fully saturated rings. The van der Waals surface area contributed by atoms with Crippen molar-refractivity contribution in [3.8, 4) is 0 Å². The van der Waals surface area contributed by atoms with E-state index in [0.717, 1.165) is 12.8 Å². The summed E-state index contributed by atoms with van der Waals surface area (Å²) in [5.74, 6) is 1.28. The Kier molecular flexibility index (Phi) is 5.52. The third kappa shape index (κ3) is 3.57. The van der Waals surface area contributed by atoms with Crippen LogP contribution in [0.25, 0.3) is 0 Å². The van der Waals surface area contributed by atoms with Crippen LogP contribution in [-0.2, 0) is 0 Å². The molecule has 0 aliphatic heterocycles. The average Bonchev–Trinajstić information content (AvgIpc) is 2.95. The van der Waals surface area contributed by atoms with Crippen LogP contribution < -0.4 is 10.6 Å². The molecule has 6 heteroatoms. The number of hydrogen-bond donors (Lipinski definition) is 2. The zero-order chi connectivity index (χ0) is 14.5. The van der Waals surface area contributed by atoms with Gasteiger partial charge in [0.2, 0.25) is 0 Å². The normalized spacial score (nSPS) is 12.2. The molecule has 0 bridgehead atoms. The second-order valence-corrected chi connectivity index (χ2v) is 6.19. The Labute approximate surface area is 133 Å². The fourth-order valence-electron chi connectivity index (χ4n) is 1.97. The van der Waals surface area contributed by atoms with Crippen LogP contribution in [0.15, 0.2) is 23.6 Å². The second-order valence-electron chi connectivity index (χ2n) is 4.40. The predicted octanol–water partition coefficient (Wildman–Crippen LogP) is 5.44. The van der Waals surface area contributed by atoms with Gasteiger partial charge in [0, 0.05) is 11.9 Å². The summed E-state index contributed by atoms with van der Waals surface area (Å²) in [7, 11) is 1.79. The van der Waals surface area contributed by atoms with Gasteiger partial charge in [-0.2, -0.15) is 0 Å². The second kappa shape index (κ2) is 7.16. The van der Waals surface area contributed by atoms with Crippen LogP contribution in [0.3, 0.4) is 0 Å². The predicted molar refractivity (Wildman–Crippen MR) is 89.4 cm³/mol. The average molecular weight is 330 g/mol. The van der Waals surface area contributed by atoms with E-state index in [4.69, 9.17) is 23.2 Å². The van der Waals surface area contributed by atoms with Gasteiger partial charge >= 0.3 is 0 Å². The maximum atomic E-state index is 6.23. The Hall–Kier alpha value is -0.970. The van der Waals surface area contributed by atoms with E-state index in [2.05, 4.69) is 40.1 Å². The summed E-state index contributed by atoms with van der Waals surface area (Å²) in [6.07, 6.45) is 2.11. The minimum absolute atomic E-state index is 0.218. The van der Waals surface area contributed by atoms with E-state index in [1.165, 1.54) is 4.88 Å². The number of thiophene rings is 1. The molecule has 1 unspecified atom stereocenters.